The van der Waals surface area contributed by atoms with Crippen LogP contribution in [0.3, 0.4) is 0 Å². The largest absolute Gasteiger partial charge is 0.379 e. The van der Waals surface area contributed by atoms with Crippen molar-refractivity contribution in [2.45, 2.75) is 39.2 Å². The molecule has 2 saturated heterocycles. The molecule has 0 bridgehead atoms. The smallest absolute Gasteiger partial charge is 0.150 e. The van der Waals surface area contributed by atoms with E-state index in [9.17, 15) is 0 Å². The van der Waals surface area contributed by atoms with Crippen LogP contribution >= 0.6 is 0 Å². The maximum atomic E-state index is 5.43. The number of aryl methyl sites for hydroxylation is 2. The number of piperidine rings is 1. The van der Waals surface area contributed by atoms with Crippen LogP contribution in [0.1, 0.15) is 41.8 Å². The zero-order valence-corrected chi connectivity index (χ0v) is 16.6. The molecule has 8 heteroatoms. The lowest BCUT2D eigenvalue weighted by molar-refractivity contribution is 0.0326. The normalized spacial score (nSPS) is 19.6. The Labute approximate surface area is 160 Å². The van der Waals surface area contributed by atoms with Gasteiger partial charge in [0, 0.05) is 45.3 Å². The van der Waals surface area contributed by atoms with E-state index in [0.717, 1.165) is 87.6 Å². The molecule has 2 aliphatic heterocycles. The van der Waals surface area contributed by atoms with Crippen molar-refractivity contribution in [1.29, 1.82) is 0 Å². The lowest BCUT2D eigenvalue weighted by Crippen LogP contribution is -2.36. The average Bonchev–Trinajstić information content (AvgIpc) is 3.05. The van der Waals surface area contributed by atoms with Crippen LogP contribution in [0.15, 0.2) is 6.20 Å². The van der Waals surface area contributed by atoms with Gasteiger partial charge in [0.25, 0.3) is 0 Å². The quantitative estimate of drug-likeness (QED) is 0.805. The molecule has 27 heavy (non-hydrogen) atoms. The van der Waals surface area contributed by atoms with Gasteiger partial charge in [-0.05, 0) is 26.7 Å². The van der Waals surface area contributed by atoms with E-state index < -0.39 is 0 Å². The molecule has 4 heterocycles. The summed E-state index contributed by atoms with van der Waals surface area (Å²) in [5, 5.41) is 9.03. The number of hydrogen-bond acceptors (Lipinski definition) is 7. The average molecular weight is 371 g/mol. The van der Waals surface area contributed by atoms with Crippen molar-refractivity contribution in [3.8, 4) is 0 Å². The van der Waals surface area contributed by atoms with Gasteiger partial charge >= 0.3 is 0 Å². The van der Waals surface area contributed by atoms with E-state index in [4.69, 9.17) is 9.72 Å². The van der Waals surface area contributed by atoms with Gasteiger partial charge in [0.05, 0.1) is 31.1 Å². The molecule has 4 rings (SSSR count). The van der Waals surface area contributed by atoms with Gasteiger partial charge in [0.2, 0.25) is 0 Å². The van der Waals surface area contributed by atoms with Crippen LogP contribution in [0, 0.1) is 13.8 Å². The Balaban J connectivity index is 1.40. The van der Waals surface area contributed by atoms with Crippen LogP contribution in [-0.2, 0) is 18.3 Å². The van der Waals surface area contributed by atoms with Crippen molar-refractivity contribution < 1.29 is 4.74 Å². The van der Waals surface area contributed by atoms with Crippen LogP contribution in [0.5, 0.6) is 0 Å². The van der Waals surface area contributed by atoms with E-state index in [1.165, 1.54) is 0 Å². The second kappa shape index (κ2) is 7.90. The first kappa shape index (κ1) is 18.3. The van der Waals surface area contributed by atoms with Crippen molar-refractivity contribution in [2.24, 2.45) is 7.05 Å². The topological polar surface area (TPSA) is 72.2 Å². The maximum Gasteiger partial charge on any atom is 0.150 e. The monoisotopic (exact) mass is 371 g/mol. The van der Waals surface area contributed by atoms with E-state index >= 15 is 0 Å². The summed E-state index contributed by atoms with van der Waals surface area (Å²) in [7, 11) is 2.10. The molecule has 2 aromatic rings. The van der Waals surface area contributed by atoms with Crippen LogP contribution < -0.4 is 4.90 Å². The minimum absolute atomic E-state index is 0.454. The molecule has 0 aromatic carbocycles. The first-order valence-electron chi connectivity index (χ1n) is 9.85. The number of morpholine rings is 1. The second-order valence-corrected chi connectivity index (χ2v) is 7.60. The second-order valence-electron chi connectivity index (χ2n) is 7.60. The first-order valence-corrected chi connectivity index (χ1v) is 9.85. The summed E-state index contributed by atoms with van der Waals surface area (Å²) in [6.07, 6.45) is 3.97. The molecule has 0 N–H and O–H groups in total. The lowest BCUT2D eigenvalue weighted by atomic mass is 9.96. The summed E-state index contributed by atoms with van der Waals surface area (Å²) in [6, 6.07) is 0. The molecule has 2 fully saturated rings. The fourth-order valence-electron chi connectivity index (χ4n) is 4.00. The van der Waals surface area contributed by atoms with Crippen molar-refractivity contribution in [2.75, 3.05) is 44.3 Å². The van der Waals surface area contributed by atoms with Gasteiger partial charge in [-0.2, -0.15) is 0 Å². The Morgan fingerprint density at radius 1 is 1.07 bits per heavy atom. The zero-order chi connectivity index (χ0) is 18.8. The van der Waals surface area contributed by atoms with Gasteiger partial charge in [-0.3, -0.25) is 9.88 Å². The number of rotatable bonds is 4. The Morgan fingerprint density at radius 3 is 2.56 bits per heavy atom. The van der Waals surface area contributed by atoms with E-state index in [2.05, 4.69) is 36.6 Å². The predicted octanol–water partition coefficient (Wildman–Crippen LogP) is 1.44. The van der Waals surface area contributed by atoms with Crippen LogP contribution in [-0.4, -0.2) is 69.0 Å². The molecule has 0 unspecified atom stereocenters. The van der Waals surface area contributed by atoms with Gasteiger partial charge in [-0.1, -0.05) is 0 Å². The highest BCUT2D eigenvalue weighted by atomic mass is 16.5. The number of ether oxygens (including phenoxy) is 1. The third-order valence-corrected chi connectivity index (χ3v) is 5.68. The molecule has 0 spiro atoms. The number of hydrogen-bond donors (Lipinski definition) is 0. The van der Waals surface area contributed by atoms with Gasteiger partial charge in [0.1, 0.15) is 17.5 Å². The minimum atomic E-state index is 0.454. The molecular weight excluding hydrogens is 342 g/mol. The molecule has 8 nitrogen and oxygen atoms in total. The SMILES string of the molecule is Cc1cnc(C)c(N2CCC(c3nnc(CN4CCOCC4)n3C)CC2)n1. The fourth-order valence-corrected chi connectivity index (χ4v) is 4.00. The number of anilines is 1. The molecule has 0 radical (unpaired) electrons. The number of aromatic nitrogens is 5. The van der Waals surface area contributed by atoms with E-state index in [1.54, 1.807) is 0 Å². The molecule has 2 aliphatic rings. The highest BCUT2D eigenvalue weighted by Crippen LogP contribution is 2.30. The van der Waals surface area contributed by atoms with Crippen molar-refractivity contribution in [3.05, 3.63) is 29.2 Å². The van der Waals surface area contributed by atoms with E-state index in [0.29, 0.717) is 5.92 Å². The molecule has 0 saturated carbocycles. The third-order valence-electron chi connectivity index (χ3n) is 5.68. The Hall–Kier alpha value is -2.06. The Bertz CT molecular complexity index is 776. The third kappa shape index (κ3) is 3.96. The van der Waals surface area contributed by atoms with Crippen LogP contribution in [0.2, 0.25) is 0 Å². The van der Waals surface area contributed by atoms with Crippen LogP contribution in [0.25, 0.3) is 0 Å². The first-order chi connectivity index (χ1) is 13.1. The molecule has 0 aliphatic carbocycles. The van der Waals surface area contributed by atoms with Crippen LogP contribution in [0.4, 0.5) is 5.82 Å². The number of nitrogens with zero attached hydrogens (tertiary/aromatic N) is 7. The highest BCUT2D eigenvalue weighted by Gasteiger charge is 2.27. The maximum absolute atomic E-state index is 5.43. The van der Waals surface area contributed by atoms with Crippen molar-refractivity contribution in [1.82, 2.24) is 29.6 Å². The minimum Gasteiger partial charge on any atom is -0.379 e. The molecule has 146 valence electrons. The Morgan fingerprint density at radius 2 is 1.81 bits per heavy atom. The summed E-state index contributed by atoms with van der Waals surface area (Å²) in [6.45, 7) is 10.4. The fraction of sp³-hybridized carbons (Fsp3) is 0.684. The van der Waals surface area contributed by atoms with Gasteiger partial charge in [-0.25, -0.2) is 4.98 Å². The zero-order valence-electron chi connectivity index (χ0n) is 16.6. The molecule has 0 amide bonds. The standard InChI is InChI=1S/C19H29N7O/c1-14-12-20-15(2)18(21-14)26-6-4-16(5-7-26)19-23-22-17(24(19)3)13-25-8-10-27-11-9-25/h12,16H,4-11,13H2,1-3H3. The highest BCUT2D eigenvalue weighted by molar-refractivity contribution is 5.43. The van der Waals surface area contributed by atoms with Crippen molar-refractivity contribution >= 4 is 5.82 Å². The summed E-state index contributed by atoms with van der Waals surface area (Å²) in [5.74, 6) is 3.65. The lowest BCUT2D eigenvalue weighted by Gasteiger charge is -2.33. The molecular formula is C19H29N7O. The van der Waals surface area contributed by atoms with E-state index in [1.807, 2.05) is 20.0 Å². The Kier molecular flexibility index (Phi) is 5.36. The van der Waals surface area contributed by atoms with Gasteiger partial charge in [0.15, 0.2) is 0 Å². The van der Waals surface area contributed by atoms with Crippen molar-refractivity contribution in [3.63, 3.8) is 0 Å². The van der Waals surface area contributed by atoms with Gasteiger partial charge in [-0.15, -0.1) is 10.2 Å². The van der Waals surface area contributed by atoms with Gasteiger partial charge < -0.3 is 14.2 Å². The summed E-state index contributed by atoms with van der Waals surface area (Å²) in [4.78, 5) is 13.9. The summed E-state index contributed by atoms with van der Waals surface area (Å²) < 4.78 is 7.63. The molecule has 2 aromatic heterocycles. The summed E-state index contributed by atoms with van der Waals surface area (Å²) in [5.41, 5.74) is 1.98. The summed E-state index contributed by atoms with van der Waals surface area (Å²) >= 11 is 0. The van der Waals surface area contributed by atoms with E-state index in [-0.39, 0.29) is 0 Å². The molecule has 0 atom stereocenters. The predicted molar refractivity (Wildman–Crippen MR) is 103 cm³/mol.